The monoisotopic (exact) mass is 413 g/mol. The van der Waals surface area contributed by atoms with Crippen molar-refractivity contribution in [3.05, 3.63) is 0 Å². The molecule has 11 atom stereocenters. The zero-order chi connectivity index (χ0) is 20.5. The van der Waals surface area contributed by atoms with Crippen molar-refractivity contribution < 1.29 is 54.8 Å². The first-order chi connectivity index (χ1) is 12.6. The summed E-state index contributed by atoms with van der Waals surface area (Å²) in [5.74, 6) is -0.561. The highest BCUT2D eigenvalue weighted by Gasteiger charge is 2.51. The van der Waals surface area contributed by atoms with Crippen LogP contribution in [0.5, 0.6) is 0 Å². The average molecular weight is 413 g/mol. The summed E-state index contributed by atoms with van der Waals surface area (Å²) < 4.78 is 16.0. The number of hydrogen-bond acceptors (Lipinski definition) is 11. The van der Waals surface area contributed by atoms with Gasteiger partial charge in [0.15, 0.2) is 12.6 Å². The fraction of sp³-hybridized carbons (Fsp3) is 0.929. The maximum Gasteiger partial charge on any atom is 0.217 e. The van der Waals surface area contributed by atoms with Crippen LogP contribution in [0.15, 0.2) is 0 Å². The van der Waals surface area contributed by atoms with E-state index in [1.807, 2.05) is 0 Å². The molecule has 2 fully saturated rings. The first-order valence-electron chi connectivity index (χ1n) is 8.51. The number of ether oxygens (including phenoxy) is 3. The van der Waals surface area contributed by atoms with Crippen LogP contribution in [0.25, 0.3) is 0 Å². The summed E-state index contributed by atoms with van der Waals surface area (Å²) >= 11 is 0. The van der Waals surface area contributed by atoms with Gasteiger partial charge in [-0.1, -0.05) is 0 Å². The summed E-state index contributed by atoms with van der Waals surface area (Å²) in [7, 11) is 0.198. The topological polar surface area (TPSA) is 198 Å². The third-order valence-electron chi connectivity index (χ3n) is 4.62. The molecule has 27 heavy (non-hydrogen) atoms. The van der Waals surface area contributed by atoms with Crippen molar-refractivity contribution in [1.29, 1.82) is 0 Å². The lowest BCUT2D eigenvalue weighted by Crippen LogP contribution is -2.67. The van der Waals surface area contributed by atoms with E-state index in [0.717, 1.165) is 6.92 Å². The van der Waals surface area contributed by atoms with Crippen molar-refractivity contribution in [3.63, 3.8) is 0 Å². The largest absolute Gasteiger partial charge is 0.395 e. The molecule has 1 amide bonds. The molecule has 8 N–H and O–H groups in total. The van der Waals surface area contributed by atoms with Crippen molar-refractivity contribution in [2.45, 2.75) is 74.0 Å². The van der Waals surface area contributed by atoms with Gasteiger partial charge in [-0.15, -0.1) is 0 Å². The number of amides is 1. The summed E-state index contributed by atoms with van der Waals surface area (Å²) in [6.45, 7) is 0.489. The molecule has 13 heteroatoms. The first-order valence-corrected chi connectivity index (χ1v) is 9.66. The van der Waals surface area contributed by atoms with E-state index in [9.17, 15) is 40.5 Å². The highest BCUT2D eigenvalue weighted by Crippen LogP contribution is 2.29. The van der Waals surface area contributed by atoms with Crippen molar-refractivity contribution >= 4 is 16.1 Å². The lowest BCUT2D eigenvalue weighted by molar-refractivity contribution is -0.347. The minimum Gasteiger partial charge on any atom is -0.395 e. The maximum absolute atomic E-state index is 11.3. The number of nitrogens with one attached hydrogen (secondary N) is 1. The van der Waals surface area contributed by atoms with Crippen molar-refractivity contribution in [3.8, 4) is 0 Å². The highest BCUT2D eigenvalue weighted by atomic mass is 28.1. The SMILES string of the molecule is CC(=O)N[C@H]1C(O)O[C@H](CO)[C@@H](O[C@@H]2O[C@H](C(O)[SiH3])[C@H](O)[C@H](O)[C@H]2O)[C@@H]1O. The van der Waals surface area contributed by atoms with Crippen LogP contribution in [-0.4, -0.2) is 126 Å². The molecule has 2 aliphatic heterocycles. The van der Waals surface area contributed by atoms with E-state index < -0.39 is 79.6 Å². The van der Waals surface area contributed by atoms with Crippen LogP contribution in [0.3, 0.4) is 0 Å². The van der Waals surface area contributed by atoms with Crippen molar-refractivity contribution in [2.75, 3.05) is 6.61 Å². The number of hydrogen-bond donors (Lipinski definition) is 8. The van der Waals surface area contributed by atoms with Gasteiger partial charge in [0.1, 0.15) is 48.8 Å². The Morgan fingerprint density at radius 2 is 1.74 bits per heavy atom. The van der Waals surface area contributed by atoms with Gasteiger partial charge in [-0.2, -0.15) is 0 Å². The quantitative estimate of drug-likeness (QED) is 0.199. The van der Waals surface area contributed by atoms with E-state index in [-0.39, 0.29) is 10.2 Å². The third-order valence-corrected chi connectivity index (χ3v) is 5.27. The van der Waals surface area contributed by atoms with E-state index in [1.165, 1.54) is 0 Å². The Hall–Kier alpha value is -0.713. The van der Waals surface area contributed by atoms with Gasteiger partial charge in [0.2, 0.25) is 5.91 Å². The molecule has 0 aliphatic carbocycles. The number of rotatable bonds is 5. The molecule has 2 saturated heterocycles. The zero-order valence-corrected chi connectivity index (χ0v) is 16.8. The second-order valence-electron chi connectivity index (χ2n) is 6.75. The Bertz CT molecular complexity index is 511. The smallest absolute Gasteiger partial charge is 0.217 e. The maximum atomic E-state index is 11.3. The molecule has 0 bridgehead atoms. The molecule has 2 aliphatic rings. The van der Waals surface area contributed by atoms with Gasteiger partial charge in [-0.05, 0) is 0 Å². The molecular formula is C14H27NO11Si. The highest BCUT2D eigenvalue weighted by molar-refractivity contribution is 6.11. The summed E-state index contributed by atoms with van der Waals surface area (Å²) in [6.07, 6.45) is -13.6. The lowest BCUT2D eigenvalue weighted by Gasteiger charge is -2.46. The number of aliphatic hydroxyl groups excluding tert-OH is 7. The second kappa shape index (κ2) is 9.19. The van der Waals surface area contributed by atoms with Crippen molar-refractivity contribution in [1.82, 2.24) is 5.32 Å². The zero-order valence-electron chi connectivity index (χ0n) is 14.8. The third kappa shape index (κ3) is 4.83. The van der Waals surface area contributed by atoms with Crippen LogP contribution in [-0.2, 0) is 19.0 Å². The molecule has 12 nitrogen and oxygen atoms in total. The van der Waals surface area contributed by atoms with Gasteiger partial charge in [0.05, 0.1) is 12.3 Å². The average Bonchev–Trinajstić information content (AvgIpc) is 2.60. The van der Waals surface area contributed by atoms with Gasteiger partial charge in [0, 0.05) is 17.2 Å². The van der Waals surface area contributed by atoms with E-state index in [2.05, 4.69) is 5.32 Å². The first kappa shape index (κ1) is 22.6. The van der Waals surface area contributed by atoms with Crippen LogP contribution in [0, 0.1) is 0 Å². The normalized spacial score (nSPS) is 46.8. The molecule has 2 heterocycles. The molecule has 0 aromatic heterocycles. The predicted octanol–water partition coefficient (Wildman–Crippen LogP) is -6.56. The number of carbonyl (C=O) groups excluding carboxylic acids is 1. The number of carbonyl (C=O) groups is 1. The van der Waals surface area contributed by atoms with Gasteiger partial charge in [0.25, 0.3) is 0 Å². The van der Waals surface area contributed by atoms with Gasteiger partial charge in [-0.25, -0.2) is 0 Å². The Kier molecular flexibility index (Phi) is 7.68. The van der Waals surface area contributed by atoms with E-state index in [1.54, 1.807) is 0 Å². The molecule has 158 valence electrons. The standard InChI is InChI=1S/C14H27NO11Si/c1-3(17)15-5-6(18)10(4(2-16)24-12(5)22)25-14-9(21)7(19)8(20)11(26-14)13(23)27/h4-14,16,18-23H,2H2,1,27H3,(H,15,17)/t4-,5-,6-,7+,8-,9-,10-,11+,12?,13?,14-/m1/s1. The Morgan fingerprint density at radius 1 is 1.11 bits per heavy atom. The molecule has 0 aromatic rings. The molecule has 2 unspecified atom stereocenters. The van der Waals surface area contributed by atoms with Gasteiger partial charge in [-0.3, -0.25) is 4.79 Å². The summed E-state index contributed by atoms with van der Waals surface area (Å²) in [5.41, 5.74) is -1.08. The van der Waals surface area contributed by atoms with Gasteiger partial charge >= 0.3 is 0 Å². The Morgan fingerprint density at radius 3 is 2.26 bits per heavy atom. The van der Waals surface area contributed by atoms with Crippen LogP contribution in [0.2, 0.25) is 0 Å². The van der Waals surface area contributed by atoms with Crippen LogP contribution >= 0.6 is 0 Å². The fourth-order valence-electron chi connectivity index (χ4n) is 3.18. The minimum absolute atomic E-state index is 0.198. The fourth-order valence-corrected chi connectivity index (χ4v) is 3.73. The molecule has 0 radical (unpaired) electrons. The lowest BCUT2D eigenvalue weighted by atomic mass is 9.95. The van der Waals surface area contributed by atoms with E-state index in [4.69, 9.17) is 14.2 Å². The summed E-state index contributed by atoms with van der Waals surface area (Å²) in [6, 6.07) is -1.29. The Labute approximate surface area is 157 Å². The van der Waals surface area contributed by atoms with Crippen LogP contribution < -0.4 is 5.32 Å². The van der Waals surface area contributed by atoms with Gasteiger partial charge < -0.3 is 55.3 Å². The molecule has 0 spiro atoms. The molecule has 0 saturated carbocycles. The molecule has 0 aromatic carbocycles. The summed E-state index contributed by atoms with van der Waals surface area (Å²) in [4.78, 5) is 11.3. The molecule has 2 rings (SSSR count). The van der Waals surface area contributed by atoms with E-state index >= 15 is 0 Å². The van der Waals surface area contributed by atoms with Crippen molar-refractivity contribution in [2.24, 2.45) is 0 Å². The van der Waals surface area contributed by atoms with E-state index in [0.29, 0.717) is 0 Å². The summed E-state index contributed by atoms with van der Waals surface area (Å²) in [5, 5.41) is 71.9. The number of aliphatic hydroxyl groups is 7. The predicted molar refractivity (Wildman–Crippen MR) is 89.1 cm³/mol. The van der Waals surface area contributed by atoms with Crippen LogP contribution in [0.4, 0.5) is 0 Å². The minimum atomic E-state index is -1.73. The Balaban J connectivity index is 2.19. The van der Waals surface area contributed by atoms with Crippen LogP contribution in [0.1, 0.15) is 6.92 Å². The molecular weight excluding hydrogens is 386 g/mol. The second-order valence-corrected chi connectivity index (χ2v) is 7.93.